The molecule has 1 aromatic carbocycles. The summed E-state index contributed by atoms with van der Waals surface area (Å²) in [6, 6.07) is 8.28. The van der Waals surface area contributed by atoms with Gasteiger partial charge in [0.25, 0.3) is 5.91 Å². The molecule has 2 rings (SSSR count). The quantitative estimate of drug-likeness (QED) is 0.646. The van der Waals surface area contributed by atoms with Crippen molar-refractivity contribution in [2.24, 2.45) is 5.73 Å². The Balaban J connectivity index is 2.00. The molecule has 0 aliphatic rings. The molecule has 0 unspecified atom stereocenters. The predicted molar refractivity (Wildman–Crippen MR) is 79.5 cm³/mol. The molecule has 0 saturated heterocycles. The predicted octanol–water partition coefficient (Wildman–Crippen LogP) is 0.986. The minimum Gasteiger partial charge on any atom is -0.452 e. The number of nitrogens with two attached hydrogens (primary N) is 1. The van der Waals surface area contributed by atoms with Crippen LogP contribution in [0.1, 0.15) is 5.56 Å². The van der Waals surface area contributed by atoms with E-state index in [-0.39, 0.29) is 0 Å². The van der Waals surface area contributed by atoms with Gasteiger partial charge in [0, 0.05) is 23.2 Å². The van der Waals surface area contributed by atoms with E-state index in [1.54, 1.807) is 23.7 Å². The van der Waals surface area contributed by atoms with Gasteiger partial charge in [-0.25, -0.2) is 9.59 Å². The third-order valence-corrected chi connectivity index (χ3v) is 2.67. The number of hydrogen-bond donors (Lipinski definition) is 2. The van der Waals surface area contributed by atoms with Crippen LogP contribution in [0.25, 0.3) is 17.0 Å². The number of fused-ring (bicyclic) bond motifs is 1. The molecule has 0 aliphatic carbocycles. The summed E-state index contributed by atoms with van der Waals surface area (Å²) >= 11 is 0. The Morgan fingerprint density at radius 3 is 2.77 bits per heavy atom. The summed E-state index contributed by atoms with van der Waals surface area (Å²) in [5, 5.41) is 2.73. The summed E-state index contributed by atoms with van der Waals surface area (Å²) in [5.74, 6) is -1.51. The minimum absolute atomic E-state index is 0.583. The number of ether oxygens (including phenoxy) is 1. The van der Waals surface area contributed by atoms with Crippen LogP contribution in [0.5, 0.6) is 0 Å². The van der Waals surface area contributed by atoms with Gasteiger partial charge in [-0.05, 0) is 12.1 Å². The molecule has 0 fully saturated rings. The number of carbonyl (C=O) groups is 3. The SMILES string of the molecule is NC(=O)NC(=O)COC(=O)/C=C/c1cccc2cccnc12. The van der Waals surface area contributed by atoms with E-state index in [1.807, 2.05) is 24.3 Å². The van der Waals surface area contributed by atoms with E-state index in [0.29, 0.717) is 0 Å². The zero-order valence-electron chi connectivity index (χ0n) is 11.5. The van der Waals surface area contributed by atoms with E-state index in [0.717, 1.165) is 16.5 Å². The number of primary amides is 1. The smallest absolute Gasteiger partial charge is 0.331 e. The fourth-order valence-corrected chi connectivity index (χ4v) is 1.78. The lowest BCUT2D eigenvalue weighted by atomic mass is 10.1. The number of para-hydroxylation sites is 1. The maximum absolute atomic E-state index is 11.5. The van der Waals surface area contributed by atoms with Crippen molar-refractivity contribution in [3.63, 3.8) is 0 Å². The molecule has 0 saturated carbocycles. The Bertz CT molecular complexity index is 750. The Labute approximate surface area is 125 Å². The van der Waals surface area contributed by atoms with E-state index in [1.165, 1.54) is 6.08 Å². The zero-order valence-corrected chi connectivity index (χ0v) is 11.5. The maximum Gasteiger partial charge on any atom is 0.331 e. The third-order valence-electron chi connectivity index (χ3n) is 2.67. The second-order valence-corrected chi connectivity index (χ2v) is 4.28. The van der Waals surface area contributed by atoms with Gasteiger partial charge in [0.15, 0.2) is 6.61 Å². The van der Waals surface area contributed by atoms with Crippen molar-refractivity contribution in [1.29, 1.82) is 0 Å². The lowest BCUT2D eigenvalue weighted by molar-refractivity contribution is -0.143. The highest BCUT2D eigenvalue weighted by Gasteiger charge is 2.07. The van der Waals surface area contributed by atoms with Crippen molar-refractivity contribution in [1.82, 2.24) is 10.3 Å². The molecule has 7 heteroatoms. The lowest BCUT2D eigenvalue weighted by Crippen LogP contribution is -2.37. The van der Waals surface area contributed by atoms with Crippen LogP contribution in [0.4, 0.5) is 4.79 Å². The second kappa shape index (κ2) is 6.98. The molecule has 0 radical (unpaired) electrons. The van der Waals surface area contributed by atoms with Crippen LogP contribution in [0, 0.1) is 0 Å². The summed E-state index contributed by atoms with van der Waals surface area (Å²) in [6.45, 7) is -0.583. The van der Waals surface area contributed by atoms with Gasteiger partial charge in [-0.1, -0.05) is 24.3 Å². The largest absolute Gasteiger partial charge is 0.452 e. The normalized spacial score (nSPS) is 10.5. The molecule has 0 bridgehead atoms. The monoisotopic (exact) mass is 299 g/mol. The van der Waals surface area contributed by atoms with E-state index in [9.17, 15) is 14.4 Å². The molecule has 0 atom stereocenters. The first kappa shape index (κ1) is 15.2. The highest BCUT2D eigenvalue weighted by molar-refractivity contribution is 5.96. The molecule has 1 aromatic heterocycles. The fraction of sp³-hybridized carbons (Fsp3) is 0.0667. The summed E-state index contributed by atoms with van der Waals surface area (Å²) in [4.78, 5) is 37.3. The molecule has 2 aromatic rings. The highest BCUT2D eigenvalue weighted by atomic mass is 16.5. The van der Waals surface area contributed by atoms with E-state index in [4.69, 9.17) is 5.73 Å². The van der Waals surface area contributed by atoms with Crippen LogP contribution in [-0.4, -0.2) is 29.5 Å². The minimum atomic E-state index is -1.00. The highest BCUT2D eigenvalue weighted by Crippen LogP contribution is 2.16. The first-order valence-electron chi connectivity index (χ1n) is 6.34. The van der Waals surface area contributed by atoms with Gasteiger partial charge in [-0.15, -0.1) is 0 Å². The first-order chi connectivity index (χ1) is 10.6. The lowest BCUT2D eigenvalue weighted by Gasteiger charge is -2.02. The molecule has 112 valence electrons. The van der Waals surface area contributed by atoms with Crippen LogP contribution in [0.15, 0.2) is 42.6 Å². The van der Waals surface area contributed by atoms with Crippen molar-refractivity contribution < 1.29 is 19.1 Å². The standard InChI is InChI=1S/C15H13N3O4/c16-15(21)18-12(19)9-22-13(20)7-6-11-4-1-3-10-5-2-8-17-14(10)11/h1-8H,9H2,(H3,16,18,19,21)/b7-6+. The van der Waals surface area contributed by atoms with Gasteiger partial charge in [-0.2, -0.15) is 0 Å². The molecular formula is C15H13N3O4. The number of amides is 3. The van der Waals surface area contributed by atoms with E-state index in [2.05, 4.69) is 9.72 Å². The van der Waals surface area contributed by atoms with Crippen LogP contribution in [-0.2, 0) is 14.3 Å². The number of carbonyl (C=O) groups excluding carboxylic acids is 3. The third kappa shape index (κ3) is 4.14. The number of pyridine rings is 1. The number of nitrogens with zero attached hydrogens (tertiary/aromatic N) is 1. The van der Waals surface area contributed by atoms with Gasteiger partial charge < -0.3 is 10.5 Å². The van der Waals surface area contributed by atoms with Crippen LogP contribution >= 0.6 is 0 Å². The van der Waals surface area contributed by atoms with Crippen molar-refractivity contribution in [3.8, 4) is 0 Å². The number of aromatic nitrogens is 1. The zero-order chi connectivity index (χ0) is 15.9. The van der Waals surface area contributed by atoms with Gasteiger partial charge in [-0.3, -0.25) is 15.1 Å². The summed E-state index contributed by atoms with van der Waals surface area (Å²) in [7, 11) is 0. The van der Waals surface area contributed by atoms with Crippen LogP contribution < -0.4 is 11.1 Å². The molecule has 3 amide bonds. The average Bonchev–Trinajstić information content (AvgIpc) is 2.50. The number of benzene rings is 1. The molecule has 0 spiro atoms. The molecule has 3 N–H and O–H groups in total. The van der Waals surface area contributed by atoms with Crippen LogP contribution in [0.3, 0.4) is 0 Å². The summed E-state index contributed by atoms with van der Waals surface area (Å²) in [6.07, 6.45) is 4.39. The van der Waals surface area contributed by atoms with E-state index < -0.39 is 24.5 Å². The van der Waals surface area contributed by atoms with Gasteiger partial charge in [0.2, 0.25) is 0 Å². The number of nitrogens with one attached hydrogen (secondary N) is 1. The molecular weight excluding hydrogens is 286 g/mol. The Hall–Kier alpha value is -3.22. The van der Waals surface area contributed by atoms with Gasteiger partial charge in [0.1, 0.15) is 0 Å². The molecule has 22 heavy (non-hydrogen) atoms. The van der Waals surface area contributed by atoms with Crippen molar-refractivity contribution in [2.45, 2.75) is 0 Å². The van der Waals surface area contributed by atoms with Crippen LogP contribution in [0.2, 0.25) is 0 Å². The molecule has 0 aliphatic heterocycles. The van der Waals surface area contributed by atoms with Crippen molar-refractivity contribution in [2.75, 3.05) is 6.61 Å². The van der Waals surface area contributed by atoms with Crippen molar-refractivity contribution in [3.05, 3.63) is 48.2 Å². The van der Waals surface area contributed by atoms with Gasteiger partial charge >= 0.3 is 12.0 Å². The summed E-state index contributed by atoms with van der Waals surface area (Å²) in [5.41, 5.74) is 6.25. The number of urea groups is 1. The fourth-order valence-electron chi connectivity index (χ4n) is 1.78. The topological polar surface area (TPSA) is 111 Å². The second-order valence-electron chi connectivity index (χ2n) is 4.28. The van der Waals surface area contributed by atoms with Crippen molar-refractivity contribution >= 4 is 34.9 Å². The first-order valence-corrected chi connectivity index (χ1v) is 6.34. The molecule has 1 heterocycles. The maximum atomic E-state index is 11.5. The van der Waals surface area contributed by atoms with E-state index >= 15 is 0 Å². The van der Waals surface area contributed by atoms with Gasteiger partial charge in [0.05, 0.1) is 5.52 Å². The number of rotatable bonds is 4. The average molecular weight is 299 g/mol. The molecule has 7 nitrogen and oxygen atoms in total. The summed E-state index contributed by atoms with van der Waals surface area (Å²) < 4.78 is 4.67. The Morgan fingerprint density at radius 1 is 1.23 bits per heavy atom. The number of imide groups is 1. The Morgan fingerprint density at radius 2 is 2.00 bits per heavy atom. The number of esters is 1. The number of hydrogen-bond acceptors (Lipinski definition) is 5. The Kier molecular flexibility index (Phi) is 4.81.